The summed E-state index contributed by atoms with van der Waals surface area (Å²) in [5, 5.41) is 12.0. The summed E-state index contributed by atoms with van der Waals surface area (Å²) in [7, 11) is 0. The van der Waals surface area contributed by atoms with E-state index in [1.54, 1.807) is 0 Å². The van der Waals surface area contributed by atoms with E-state index in [4.69, 9.17) is 10.8 Å². The van der Waals surface area contributed by atoms with E-state index >= 15 is 0 Å². The zero-order valence-electron chi connectivity index (χ0n) is 7.96. The lowest BCUT2D eigenvalue weighted by molar-refractivity contribution is 0.271. The van der Waals surface area contributed by atoms with Crippen LogP contribution in [0.2, 0.25) is 0 Å². The molecule has 0 aliphatic rings. The van der Waals surface area contributed by atoms with Crippen molar-refractivity contribution in [3.8, 4) is 0 Å². The van der Waals surface area contributed by atoms with Gasteiger partial charge in [-0.25, -0.2) is 4.98 Å². The van der Waals surface area contributed by atoms with Gasteiger partial charge in [0.1, 0.15) is 11.6 Å². The van der Waals surface area contributed by atoms with Crippen LogP contribution in [0.3, 0.4) is 0 Å². The summed E-state index contributed by atoms with van der Waals surface area (Å²) in [5.74, 6) is 1.91. The zero-order chi connectivity index (χ0) is 9.84. The molecular weight excluding hydrogens is 168 g/mol. The molecule has 5 nitrogen and oxygen atoms in total. The standard InChI is InChI=1S/C8H16N4O/c1-3-6(4-13)12-8-7(9)10-5(2)11-8/h6,12-13H,3-4,9H2,1-2H3,(H,10,11). The first-order valence-electron chi connectivity index (χ1n) is 4.36. The van der Waals surface area contributed by atoms with Gasteiger partial charge >= 0.3 is 0 Å². The molecule has 0 aliphatic carbocycles. The first kappa shape index (κ1) is 9.85. The van der Waals surface area contributed by atoms with Crippen molar-refractivity contribution in [1.29, 1.82) is 0 Å². The molecule has 0 spiro atoms. The number of nitrogen functional groups attached to an aromatic ring is 1. The number of aliphatic hydroxyl groups is 1. The molecule has 0 fully saturated rings. The highest BCUT2D eigenvalue weighted by Crippen LogP contribution is 2.15. The van der Waals surface area contributed by atoms with Gasteiger partial charge in [-0.15, -0.1) is 0 Å². The summed E-state index contributed by atoms with van der Waals surface area (Å²) in [6.45, 7) is 3.91. The van der Waals surface area contributed by atoms with Crippen LogP contribution >= 0.6 is 0 Å². The van der Waals surface area contributed by atoms with E-state index in [1.807, 2.05) is 13.8 Å². The Morgan fingerprint density at radius 3 is 2.77 bits per heavy atom. The number of hydrogen-bond donors (Lipinski definition) is 4. The predicted octanol–water partition coefficient (Wildman–Crippen LogP) is 0.483. The van der Waals surface area contributed by atoms with Crippen molar-refractivity contribution in [2.24, 2.45) is 0 Å². The van der Waals surface area contributed by atoms with Crippen molar-refractivity contribution in [3.05, 3.63) is 5.82 Å². The monoisotopic (exact) mass is 184 g/mol. The van der Waals surface area contributed by atoms with Crippen molar-refractivity contribution in [2.45, 2.75) is 26.3 Å². The van der Waals surface area contributed by atoms with Crippen molar-refractivity contribution >= 4 is 11.6 Å². The summed E-state index contributed by atoms with van der Waals surface area (Å²) >= 11 is 0. The molecule has 0 amide bonds. The molecule has 1 rings (SSSR count). The number of hydrogen-bond acceptors (Lipinski definition) is 4. The molecule has 0 radical (unpaired) electrons. The van der Waals surface area contributed by atoms with Gasteiger partial charge in [0.2, 0.25) is 0 Å². The third-order valence-corrected chi connectivity index (χ3v) is 1.90. The molecule has 0 aliphatic heterocycles. The van der Waals surface area contributed by atoms with Gasteiger partial charge in [0, 0.05) is 0 Å². The molecule has 0 bridgehead atoms. The minimum absolute atomic E-state index is 0.0185. The quantitative estimate of drug-likeness (QED) is 0.548. The summed E-state index contributed by atoms with van der Waals surface area (Å²) in [4.78, 5) is 7.03. The lowest BCUT2D eigenvalue weighted by Crippen LogP contribution is -2.23. The van der Waals surface area contributed by atoms with E-state index in [9.17, 15) is 0 Å². The number of aryl methyl sites for hydroxylation is 1. The third-order valence-electron chi connectivity index (χ3n) is 1.90. The molecule has 1 unspecified atom stereocenters. The number of anilines is 2. The molecule has 5 heteroatoms. The van der Waals surface area contributed by atoms with Crippen LogP contribution in [0.15, 0.2) is 0 Å². The number of aliphatic hydroxyl groups excluding tert-OH is 1. The van der Waals surface area contributed by atoms with Gasteiger partial charge in [-0.3, -0.25) is 0 Å². The molecule has 13 heavy (non-hydrogen) atoms. The highest BCUT2D eigenvalue weighted by Gasteiger charge is 2.09. The maximum absolute atomic E-state index is 8.94. The van der Waals surface area contributed by atoms with Crippen molar-refractivity contribution < 1.29 is 5.11 Å². The average Bonchev–Trinajstić information content (AvgIpc) is 2.41. The topological polar surface area (TPSA) is 87.0 Å². The summed E-state index contributed by atoms with van der Waals surface area (Å²) < 4.78 is 0. The first-order chi connectivity index (χ1) is 6.17. The molecule has 0 saturated heterocycles. The molecule has 0 aromatic carbocycles. The number of nitrogens with one attached hydrogen (secondary N) is 2. The van der Waals surface area contributed by atoms with E-state index in [-0.39, 0.29) is 12.6 Å². The predicted molar refractivity (Wildman–Crippen MR) is 52.5 cm³/mol. The number of aromatic amines is 1. The van der Waals surface area contributed by atoms with Crippen LogP contribution in [0.1, 0.15) is 19.2 Å². The highest BCUT2D eigenvalue weighted by atomic mass is 16.3. The number of H-pyrrole nitrogens is 1. The third kappa shape index (κ3) is 2.35. The van der Waals surface area contributed by atoms with Gasteiger partial charge in [-0.1, -0.05) is 6.92 Å². The van der Waals surface area contributed by atoms with Gasteiger partial charge in [0.05, 0.1) is 12.6 Å². The fraction of sp³-hybridized carbons (Fsp3) is 0.625. The summed E-state index contributed by atoms with van der Waals surface area (Å²) in [5.41, 5.74) is 5.64. The van der Waals surface area contributed by atoms with E-state index < -0.39 is 0 Å². The van der Waals surface area contributed by atoms with E-state index in [0.29, 0.717) is 11.6 Å². The normalized spacial score (nSPS) is 12.8. The number of aromatic nitrogens is 2. The second-order valence-electron chi connectivity index (χ2n) is 3.02. The van der Waals surface area contributed by atoms with E-state index in [2.05, 4.69) is 15.3 Å². The van der Waals surface area contributed by atoms with Crippen LogP contribution in [0, 0.1) is 6.92 Å². The largest absolute Gasteiger partial charge is 0.394 e. The number of rotatable bonds is 4. The van der Waals surface area contributed by atoms with Crippen LogP contribution in [-0.4, -0.2) is 27.7 Å². The minimum atomic E-state index is 0.0185. The van der Waals surface area contributed by atoms with Crippen LogP contribution in [0.4, 0.5) is 11.6 Å². The Bertz CT molecular complexity index is 267. The van der Waals surface area contributed by atoms with Crippen molar-refractivity contribution in [1.82, 2.24) is 9.97 Å². The van der Waals surface area contributed by atoms with Gasteiger partial charge in [0.25, 0.3) is 0 Å². The molecule has 5 N–H and O–H groups in total. The maximum atomic E-state index is 8.94. The fourth-order valence-electron chi connectivity index (χ4n) is 1.09. The second-order valence-corrected chi connectivity index (χ2v) is 3.02. The Morgan fingerprint density at radius 2 is 2.38 bits per heavy atom. The Labute approximate surface area is 77.4 Å². The second kappa shape index (κ2) is 4.13. The van der Waals surface area contributed by atoms with E-state index in [1.165, 1.54) is 0 Å². The fourth-order valence-corrected chi connectivity index (χ4v) is 1.09. The Morgan fingerprint density at radius 1 is 1.69 bits per heavy atom. The van der Waals surface area contributed by atoms with Crippen LogP contribution in [-0.2, 0) is 0 Å². The number of nitrogens with two attached hydrogens (primary N) is 1. The summed E-state index contributed by atoms with van der Waals surface area (Å²) in [6, 6.07) is 0.0185. The lowest BCUT2D eigenvalue weighted by Gasteiger charge is -2.13. The van der Waals surface area contributed by atoms with Crippen molar-refractivity contribution in [2.75, 3.05) is 17.7 Å². The molecule has 1 atom stereocenters. The lowest BCUT2D eigenvalue weighted by atomic mass is 10.2. The Balaban J connectivity index is 2.67. The SMILES string of the molecule is CCC(CO)Nc1nc(C)[nH]c1N. The Kier molecular flexibility index (Phi) is 3.13. The number of nitrogens with zero attached hydrogens (tertiary/aromatic N) is 1. The number of imidazole rings is 1. The smallest absolute Gasteiger partial charge is 0.169 e. The van der Waals surface area contributed by atoms with Gasteiger partial charge in [-0.05, 0) is 13.3 Å². The van der Waals surface area contributed by atoms with Crippen molar-refractivity contribution in [3.63, 3.8) is 0 Å². The van der Waals surface area contributed by atoms with E-state index in [0.717, 1.165) is 12.2 Å². The zero-order valence-corrected chi connectivity index (χ0v) is 7.96. The minimum Gasteiger partial charge on any atom is -0.394 e. The van der Waals surface area contributed by atoms with Crippen LogP contribution < -0.4 is 11.1 Å². The average molecular weight is 184 g/mol. The van der Waals surface area contributed by atoms with Crippen LogP contribution in [0.5, 0.6) is 0 Å². The van der Waals surface area contributed by atoms with Crippen LogP contribution in [0.25, 0.3) is 0 Å². The van der Waals surface area contributed by atoms with Gasteiger partial charge in [-0.2, -0.15) is 0 Å². The van der Waals surface area contributed by atoms with Gasteiger partial charge in [0.15, 0.2) is 5.82 Å². The molecule has 74 valence electrons. The van der Waals surface area contributed by atoms with Gasteiger partial charge < -0.3 is 21.1 Å². The molecule has 1 aromatic rings. The molecule has 1 aromatic heterocycles. The summed E-state index contributed by atoms with van der Waals surface area (Å²) in [6.07, 6.45) is 0.835. The maximum Gasteiger partial charge on any atom is 0.169 e. The highest BCUT2D eigenvalue weighted by molar-refractivity contribution is 5.57. The molecule has 0 saturated carbocycles. The molecular formula is C8H16N4O. The Hall–Kier alpha value is -1.23. The first-order valence-corrected chi connectivity index (χ1v) is 4.36. The molecule has 1 heterocycles.